The molecule has 4 nitrogen and oxygen atoms in total. The molecule has 0 aromatic rings. The highest BCUT2D eigenvalue weighted by atomic mass is 35.5. The van der Waals surface area contributed by atoms with Crippen LogP contribution in [0.15, 0.2) is 0 Å². The van der Waals surface area contributed by atoms with Crippen molar-refractivity contribution in [3.05, 3.63) is 0 Å². The number of alkyl halides is 2. The Hall–Kier alpha value is 0.420. The topological polar surface area (TPSA) is 47.9 Å². The number of halogens is 2. The molecule has 0 radical (unpaired) electrons. The van der Waals surface area contributed by atoms with Crippen LogP contribution in [0.4, 0.5) is 0 Å². The number of rotatable bonds is 9. The summed E-state index contributed by atoms with van der Waals surface area (Å²) < 4.78 is 15.0. The van der Waals surface area contributed by atoms with Gasteiger partial charge in [0.05, 0.1) is 26.4 Å². The quantitative estimate of drug-likeness (QED) is 0.377. The van der Waals surface area contributed by atoms with Crippen molar-refractivity contribution in [3.8, 4) is 0 Å². The van der Waals surface area contributed by atoms with Crippen LogP contribution in [0, 0.1) is 0 Å². The smallest absolute Gasteiger partial charge is 0.154 e. The molecular formula is C8H16Cl2O4. The summed E-state index contributed by atoms with van der Waals surface area (Å²) in [5.74, 6) is 0.411. The summed E-state index contributed by atoms with van der Waals surface area (Å²) in [7, 11) is 0. The first-order valence-corrected chi connectivity index (χ1v) is 5.33. The second-order valence-corrected chi connectivity index (χ2v) is 3.38. The maximum absolute atomic E-state index is 8.73. The van der Waals surface area contributed by atoms with Crippen molar-refractivity contribution >= 4 is 23.2 Å². The third-order valence-electron chi connectivity index (χ3n) is 1.21. The van der Waals surface area contributed by atoms with E-state index in [9.17, 15) is 0 Å². The predicted octanol–water partition coefficient (Wildman–Crippen LogP) is 1.18. The standard InChI is InChI=1S/C8H16Cl2O4/c1-7(11)13-5-4-12-6-8(10)14-3-2-9/h7-8,11H,2-6H2,1H3. The van der Waals surface area contributed by atoms with Gasteiger partial charge in [0.1, 0.15) is 0 Å². The van der Waals surface area contributed by atoms with Crippen LogP contribution in [-0.2, 0) is 14.2 Å². The van der Waals surface area contributed by atoms with Gasteiger partial charge in [-0.2, -0.15) is 0 Å². The molecule has 0 spiro atoms. The zero-order valence-electron chi connectivity index (χ0n) is 8.12. The van der Waals surface area contributed by atoms with E-state index in [2.05, 4.69) is 0 Å². The molecule has 0 fully saturated rings. The van der Waals surface area contributed by atoms with Crippen LogP contribution in [0.2, 0.25) is 0 Å². The van der Waals surface area contributed by atoms with Gasteiger partial charge in [0.25, 0.3) is 0 Å². The van der Waals surface area contributed by atoms with Gasteiger partial charge >= 0.3 is 0 Å². The lowest BCUT2D eigenvalue weighted by Crippen LogP contribution is -2.18. The molecule has 0 bridgehead atoms. The Morgan fingerprint density at radius 3 is 2.50 bits per heavy atom. The van der Waals surface area contributed by atoms with Gasteiger partial charge in [-0.25, -0.2) is 0 Å². The zero-order valence-corrected chi connectivity index (χ0v) is 9.63. The molecule has 6 heteroatoms. The minimum atomic E-state index is -0.766. The van der Waals surface area contributed by atoms with E-state index < -0.39 is 11.9 Å². The normalized spacial score (nSPS) is 15.4. The van der Waals surface area contributed by atoms with E-state index in [1.54, 1.807) is 0 Å². The molecule has 0 heterocycles. The molecule has 86 valence electrons. The molecule has 2 unspecified atom stereocenters. The van der Waals surface area contributed by atoms with Crippen LogP contribution >= 0.6 is 23.2 Å². The molecule has 2 atom stereocenters. The SMILES string of the molecule is CC(O)OCCOCC(Cl)OCCCl. The van der Waals surface area contributed by atoms with Gasteiger partial charge in [0.2, 0.25) is 0 Å². The van der Waals surface area contributed by atoms with Crippen molar-refractivity contribution in [1.82, 2.24) is 0 Å². The van der Waals surface area contributed by atoms with E-state index >= 15 is 0 Å². The summed E-state index contributed by atoms with van der Waals surface area (Å²) in [4.78, 5) is 0. The van der Waals surface area contributed by atoms with Gasteiger partial charge in [0, 0.05) is 5.88 Å². The van der Waals surface area contributed by atoms with Gasteiger partial charge in [-0.05, 0) is 6.92 Å². The average Bonchev–Trinajstić information content (AvgIpc) is 2.13. The first kappa shape index (κ1) is 14.4. The Balaban J connectivity index is 3.10. The number of aliphatic hydroxyl groups is 1. The van der Waals surface area contributed by atoms with Crippen molar-refractivity contribution in [3.63, 3.8) is 0 Å². The van der Waals surface area contributed by atoms with Crippen molar-refractivity contribution < 1.29 is 19.3 Å². The fourth-order valence-electron chi connectivity index (χ4n) is 0.674. The van der Waals surface area contributed by atoms with Crippen LogP contribution < -0.4 is 0 Å². The lowest BCUT2D eigenvalue weighted by atomic mass is 10.7. The summed E-state index contributed by atoms with van der Waals surface area (Å²) in [5.41, 5.74) is -0.486. The largest absolute Gasteiger partial charge is 0.375 e. The molecule has 0 amide bonds. The molecule has 14 heavy (non-hydrogen) atoms. The molecule has 0 aromatic carbocycles. The van der Waals surface area contributed by atoms with Gasteiger partial charge in [-0.1, -0.05) is 11.6 Å². The highest BCUT2D eigenvalue weighted by molar-refractivity contribution is 6.20. The number of aliphatic hydroxyl groups excluding tert-OH is 1. The van der Waals surface area contributed by atoms with Crippen molar-refractivity contribution in [2.75, 3.05) is 32.3 Å². The number of hydrogen-bond acceptors (Lipinski definition) is 4. The maximum atomic E-state index is 8.73. The van der Waals surface area contributed by atoms with Crippen LogP contribution in [0.5, 0.6) is 0 Å². The molecule has 0 saturated heterocycles. The predicted molar refractivity (Wildman–Crippen MR) is 54.8 cm³/mol. The van der Waals surface area contributed by atoms with Crippen LogP contribution in [0.3, 0.4) is 0 Å². The average molecular weight is 247 g/mol. The minimum absolute atomic E-state index is 0.279. The lowest BCUT2D eigenvalue weighted by Gasteiger charge is -2.11. The monoisotopic (exact) mass is 246 g/mol. The fourth-order valence-corrected chi connectivity index (χ4v) is 0.941. The highest BCUT2D eigenvalue weighted by Crippen LogP contribution is 1.99. The number of ether oxygens (including phenoxy) is 3. The Labute approximate surface area is 94.0 Å². The van der Waals surface area contributed by atoms with E-state index in [1.807, 2.05) is 0 Å². The number of hydrogen-bond donors (Lipinski definition) is 1. The van der Waals surface area contributed by atoms with Crippen molar-refractivity contribution in [1.29, 1.82) is 0 Å². The maximum Gasteiger partial charge on any atom is 0.154 e. The van der Waals surface area contributed by atoms with E-state index in [-0.39, 0.29) is 6.61 Å². The van der Waals surface area contributed by atoms with E-state index in [0.717, 1.165) is 0 Å². The molecule has 0 aliphatic rings. The van der Waals surface area contributed by atoms with Crippen LogP contribution in [0.25, 0.3) is 0 Å². The summed E-state index contributed by atoms with van der Waals surface area (Å²) in [6.45, 7) is 2.92. The molecule has 0 rings (SSSR count). The van der Waals surface area contributed by atoms with Crippen molar-refractivity contribution in [2.45, 2.75) is 18.8 Å². The van der Waals surface area contributed by atoms with Gasteiger partial charge in [-0.15, -0.1) is 11.6 Å². The van der Waals surface area contributed by atoms with Crippen molar-refractivity contribution in [2.24, 2.45) is 0 Å². The second-order valence-electron chi connectivity index (χ2n) is 2.51. The molecule has 0 aliphatic heterocycles. The Bertz CT molecular complexity index is 124. The third kappa shape index (κ3) is 10.5. The first-order chi connectivity index (χ1) is 6.66. The van der Waals surface area contributed by atoms with E-state index in [1.165, 1.54) is 6.92 Å². The molecule has 0 aromatic heterocycles. The van der Waals surface area contributed by atoms with Gasteiger partial charge in [0.15, 0.2) is 11.9 Å². The Morgan fingerprint density at radius 2 is 1.93 bits per heavy atom. The lowest BCUT2D eigenvalue weighted by molar-refractivity contribution is -0.102. The Kier molecular flexibility index (Phi) is 10.3. The summed E-state index contributed by atoms with van der Waals surface area (Å²) in [6, 6.07) is 0. The molecule has 1 N–H and O–H groups in total. The molecule has 0 aliphatic carbocycles. The van der Waals surface area contributed by atoms with Crippen LogP contribution in [-0.4, -0.2) is 49.3 Å². The second kappa shape index (κ2) is 9.96. The highest BCUT2D eigenvalue weighted by Gasteiger charge is 2.03. The zero-order chi connectivity index (χ0) is 10.8. The van der Waals surface area contributed by atoms with Gasteiger partial charge < -0.3 is 19.3 Å². The third-order valence-corrected chi connectivity index (χ3v) is 1.62. The van der Waals surface area contributed by atoms with Gasteiger partial charge in [-0.3, -0.25) is 0 Å². The first-order valence-electron chi connectivity index (χ1n) is 4.36. The van der Waals surface area contributed by atoms with Crippen LogP contribution in [0.1, 0.15) is 6.92 Å². The molecular weight excluding hydrogens is 231 g/mol. The Morgan fingerprint density at radius 1 is 1.21 bits per heavy atom. The fraction of sp³-hybridized carbons (Fsp3) is 1.00. The summed E-state index contributed by atoms with van der Waals surface area (Å²) in [5, 5.41) is 8.73. The minimum Gasteiger partial charge on any atom is -0.375 e. The summed E-state index contributed by atoms with van der Waals surface area (Å²) >= 11 is 11.1. The molecule has 0 saturated carbocycles. The summed E-state index contributed by atoms with van der Waals surface area (Å²) in [6.07, 6.45) is -0.766. The van der Waals surface area contributed by atoms with E-state index in [0.29, 0.717) is 25.7 Å². The van der Waals surface area contributed by atoms with E-state index in [4.69, 9.17) is 42.5 Å².